The summed E-state index contributed by atoms with van der Waals surface area (Å²) in [5, 5.41) is 0. The van der Waals surface area contributed by atoms with Gasteiger partial charge in [-0.25, -0.2) is 0 Å². The first-order valence-corrected chi connectivity index (χ1v) is 10.9. The molecule has 2 bridgehead atoms. The number of hydrogen-bond donors (Lipinski definition) is 0. The van der Waals surface area contributed by atoms with Crippen molar-refractivity contribution in [3.63, 3.8) is 0 Å². The first kappa shape index (κ1) is 16.0. The van der Waals surface area contributed by atoms with E-state index in [1.165, 1.54) is 12.8 Å². The van der Waals surface area contributed by atoms with Crippen LogP contribution in [0, 0.1) is 0 Å². The SMILES string of the molecule is COc1cccc(OC)c1C(=O)P1(=S)C2CCCC1CCC2. The van der Waals surface area contributed by atoms with Gasteiger partial charge in [0.05, 0.1) is 14.2 Å². The molecule has 5 heteroatoms. The molecule has 22 heavy (non-hydrogen) atoms. The molecule has 0 spiro atoms. The van der Waals surface area contributed by atoms with E-state index in [0.29, 0.717) is 28.4 Å². The lowest BCUT2D eigenvalue weighted by Gasteiger charge is -2.44. The Labute approximate surface area is 137 Å². The molecule has 0 radical (unpaired) electrons. The van der Waals surface area contributed by atoms with Gasteiger partial charge in [0.1, 0.15) is 17.1 Å². The predicted octanol–water partition coefficient (Wildman–Crippen LogP) is 4.43. The number of carbonyl (C=O) groups excluding carboxylic acids is 1. The smallest absolute Gasteiger partial charge is 0.201 e. The maximum absolute atomic E-state index is 13.5. The molecule has 2 saturated heterocycles. The van der Waals surface area contributed by atoms with Crippen molar-refractivity contribution in [2.75, 3.05) is 14.2 Å². The molecule has 0 N–H and O–H groups in total. The summed E-state index contributed by atoms with van der Waals surface area (Å²) in [5.41, 5.74) is 1.58. The first-order valence-electron chi connectivity index (χ1n) is 7.98. The van der Waals surface area contributed by atoms with Gasteiger partial charge in [0.15, 0.2) is 0 Å². The summed E-state index contributed by atoms with van der Waals surface area (Å²) in [4.78, 5) is 13.5. The van der Waals surface area contributed by atoms with Crippen LogP contribution in [0.1, 0.15) is 48.9 Å². The Morgan fingerprint density at radius 1 is 1.05 bits per heavy atom. The van der Waals surface area contributed by atoms with Crippen molar-refractivity contribution < 1.29 is 14.3 Å². The summed E-state index contributed by atoms with van der Waals surface area (Å²) in [6, 6.07) is 3.43. The van der Waals surface area contributed by atoms with E-state index in [-0.39, 0.29) is 5.52 Å². The van der Waals surface area contributed by atoms with Crippen LogP contribution in [0.25, 0.3) is 0 Å². The lowest BCUT2D eigenvalue weighted by atomic mass is 9.99. The van der Waals surface area contributed by atoms with Crippen LogP contribution < -0.4 is 9.47 Å². The van der Waals surface area contributed by atoms with Crippen molar-refractivity contribution in [2.45, 2.75) is 49.8 Å². The summed E-state index contributed by atoms with van der Waals surface area (Å²) < 4.78 is 10.9. The zero-order chi connectivity index (χ0) is 15.7. The minimum absolute atomic E-state index is 0.145. The van der Waals surface area contributed by atoms with E-state index in [4.69, 9.17) is 21.3 Å². The molecule has 2 fully saturated rings. The first-order chi connectivity index (χ1) is 10.6. The fraction of sp³-hybridized carbons (Fsp3) is 0.588. The average Bonchev–Trinajstić information content (AvgIpc) is 2.52. The number of carbonyl (C=O) groups is 1. The maximum Gasteiger partial charge on any atom is 0.201 e. The standard InChI is InChI=1S/C17H23O3PS/c1-19-14-10-5-11-15(20-2)16(14)17(18)21(22)12-6-3-7-13(21)9-4-8-12/h5,10-13H,3-4,6-9H2,1-2H3. The second kappa shape index (κ2) is 6.33. The number of rotatable bonds is 4. The molecule has 0 saturated carbocycles. The Hall–Kier alpha value is -0.860. The van der Waals surface area contributed by atoms with Crippen molar-refractivity contribution in [1.82, 2.24) is 0 Å². The van der Waals surface area contributed by atoms with Crippen molar-refractivity contribution in [3.05, 3.63) is 23.8 Å². The second-order valence-electron chi connectivity index (χ2n) is 6.22. The van der Waals surface area contributed by atoms with Gasteiger partial charge in [-0.05, 0) is 49.1 Å². The third kappa shape index (κ3) is 2.41. The molecule has 2 aliphatic rings. The molecule has 0 aromatic heterocycles. The van der Waals surface area contributed by atoms with Crippen molar-refractivity contribution in [1.29, 1.82) is 0 Å². The topological polar surface area (TPSA) is 35.5 Å². The molecule has 3 rings (SSSR count). The van der Waals surface area contributed by atoms with Gasteiger partial charge >= 0.3 is 0 Å². The van der Waals surface area contributed by atoms with Gasteiger partial charge in [-0.15, -0.1) is 0 Å². The van der Waals surface area contributed by atoms with Crippen LogP contribution in [-0.4, -0.2) is 31.1 Å². The molecular weight excluding hydrogens is 315 g/mol. The fourth-order valence-electron chi connectivity index (χ4n) is 4.10. The fourth-order valence-corrected chi connectivity index (χ4v) is 9.73. The summed E-state index contributed by atoms with van der Waals surface area (Å²) in [7, 11) is 3.20. The highest BCUT2D eigenvalue weighted by atomic mass is 32.4. The number of benzene rings is 1. The third-order valence-corrected chi connectivity index (χ3v) is 11.5. The van der Waals surface area contributed by atoms with Gasteiger partial charge in [-0.2, -0.15) is 0 Å². The molecule has 0 aliphatic carbocycles. The van der Waals surface area contributed by atoms with Crippen LogP contribution in [0.3, 0.4) is 0 Å². The largest absolute Gasteiger partial charge is 0.496 e. The molecular formula is C17H23O3PS. The Morgan fingerprint density at radius 3 is 1.91 bits per heavy atom. The van der Waals surface area contributed by atoms with Crippen molar-refractivity contribution in [2.24, 2.45) is 0 Å². The van der Waals surface area contributed by atoms with Crippen molar-refractivity contribution >= 4 is 23.4 Å². The molecule has 0 amide bonds. The molecule has 3 nitrogen and oxygen atoms in total. The number of fused-ring (bicyclic) bond motifs is 2. The van der Waals surface area contributed by atoms with E-state index in [0.717, 1.165) is 25.7 Å². The van der Waals surface area contributed by atoms with Crippen LogP contribution >= 0.6 is 6.04 Å². The highest BCUT2D eigenvalue weighted by Crippen LogP contribution is 2.68. The predicted molar refractivity (Wildman–Crippen MR) is 93.4 cm³/mol. The molecule has 0 unspecified atom stereocenters. The van der Waals surface area contributed by atoms with E-state index in [1.807, 2.05) is 18.2 Å². The molecule has 120 valence electrons. The summed E-state index contributed by atoms with van der Waals surface area (Å²) >= 11 is 6.12. The van der Waals surface area contributed by atoms with Crippen LogP contribution in [0.4, 0.5) is 0 Å². The average molecular weight is 338 g/mol. The van der Waals surface area contributed by atoms with E-state index in [9.17, 15) is 4.79 Å². The molecule has 1 aromatic rings. The number of ether oxygens (including phenoxy) is 2. The van der Waals surface area contributed by atoms with Gasteiger partial charge in [0.25, 0.3) is 0 Å². The molecule has 0 atom stereocenters. The summed E-state index contributed by atoms with van der Waals surface area (Å²) in [5.74, 6) is 1.19. The Balaban J connectivity index is 2.09. The number of methoxy groups -OCH3 is 2. The monoisotopic (exact) mass is 338 g/mol. The van der Waals surface area contributed by atoms with Gasteiger partial charge in [-0.1, -0.05) is 30.7 Å². The van der Waals surface area contributed by atoms with Crippen LogP contribution in [-0.2, 0) is 11.8 Å². The minimum Gasteiger partial charge on any atom is -0.496 e. The minimum atomic E-state index is -2.09. The van der Waals surface area contributed by atoms with Crippen molar-refractivity contribution in [3.8, 4) is 11.5 Å². The molecule has 2 heterocycles. The lowest BCUT2D eigenvalue weighted by Crippen LogP contribution is -2.32. The zero-order valence-electron chi connectivity index (χ0n) is 13.2. The van der Waals surface area contributed by atoms with Gasteiger partial charge in [0.2, 0.25) is 5.52 Å². The Morgan fingerprint density at radius 2 is 1.50 bits per heavy atom. The molecule has 2 aliphatic heterocycles. The third-order valence-electron chi connectivity index (χ3n) is 5.19. The Kier molecular flexibility index (Phi) is 4.61. The van der Waals surface area contributed by atoms with E-state index in [2.05, 4.69) is 0 Å². The summed E-state index contributed by atoms with van der Waals surface area (Å²) in [6.45, 7) is 0. The Bertz CT molecular complexity index is 580. The molecule has 1 aromatic carbocycles. The van der Waals surface area contributed by atoms with Gasteiger partial charge in [-0.3, -0.25) is 4.79 Å². The second-order valence-corrected chi connectivity index (χ2v) is 11.3. The van der Waals surface area contributed by atoms with Crippen LogP contribution in [0.2, 0.25) is 0 Å². The van der Waals surface area contributed by atoms with Crippen LogP contribution in [0.5, 0.6) is 11.5 Å². The normalized spacial score (nSPS) is 30.6. The zero-order valence-corrected chi connectivity index (χ0v) is 14.9. The van der Waals surface area contributed by atoms with E-state index in [1.54, 1.807) is 14.2 Å². The van der Waals surface area contributed by atoms with Gasteiger partial charge in [0, 0.05) is 6.04 Å². The summed E-state index contributed by atoms with van der Waals surface area (Å²) in [6.07, 6.45) is 6.94. The lowest BCUT2D eigenvalue weighted by molar-refractivity contribution is 0.107. The van der Waals surface area contributed by atoms with Gasteiger partial charge < -0.3 is 9.47 Å². The highest BCUT2D eigenvalue weighted by Gasteiger charge is 2.47. The van der Waals surface area contributed by atoms with Crippen LogP contribution in [0.15, 0.2) is 18.2 Å². The maximum atomic E-state index is 13.5. The number of hydrogen-bond acceptors (Lipinski definition) is 4. The van der Waals surface area contributed by atoms with E-state index >= 15 is 0 Å². The highest BCUT2D eigenvalue weighted by molar-refractivity contribution is 8.23. The quantitative estimate of drug-likeness (QED) is 0.761. The van der Waals surface area contributed by atoms with E-state index < -0.39 is 6.04 Å².